The second-order valence-electron chi connectivity index (χ2n) is 5.74. The van der Waals surface area contributed by atoms with Gasteiger partial charge in [0.15, 0.2) is 15.7 Å². The second-order valence-corrected chi connectivity index (χ2v) is 7.97. The summed E-state index contributed by atoms with van der Waals surface area (Å²) in [5, 5.41) is 14.0. The standard InChI is InChI=1S/C15H19N5O3S/c1-10-3-4-13(23-2)12(7-10)18-15-19-14(8-16-20-15)17-11-5-6-24(21,22)9-11/h3-4,7-8,11H,5-6,9H2,1-2H3,(H2,17,18,19,20). The topological polar surface area (TPSA) is 106 Å². The molecule has 2 N–H and O–H groups in total. The average Bonchev–Trinajstić information content (AvgIpc) is 2.87. The molecule has 1 fully saturated rings. The van der Waals surface area contributed by atoms with Crippen molar-refractivity contribution in [1.82, 2.24) is 15.2 Å². The Kier molecular flexibility index (Phi) is 4.52. The van der Waals surface area contributed by atoms with Crippen LogP contribution in [0.25, 0.3) is 0 Å². The number of methoxy groups -OCH3 is 1. The first-order valence-electron chi connectivity index (χ1n) is 7.53. The Labute approximate surface area is 140 Å². The van der Waals surface area contributed by atoms with Crippen molar-refractivity contribution in [2.45, 2.75) is 19.4 Å². The predicted octanol–water partition coefficient (Wildman–Crippen LogP) is 1.53. The van der Waals surface area contributed by atoms with Gasteiger partial charge in [0.2, 0.25) is 5.95 Å². The molecule has 1 aromatic heterocycles. The van der Waals surface area contributed by atoms with Gasteiger partial charge in [-0.1, -0.05) is 6.07 Å². The van der Waals surface area contributed by atoms with E-state index in [1.165, 1.54) is 6.20 Å². The van der Waals surface area contributed by atoms with E-state index in [1.54, 1.807) is 7.11 Å². The number of hydrogen-bond donors (Lipinski definition) is 2. The summed E-state index contributed by atoms with van der Waals surface area (Å²) in [7, 11) is -1.36. The maximum atomic E-state index is 11.5. The van der Waals surface area contributed by atoms with Crippen LogP contribution < -0.4 is 15.4 Å². The number of nitrogens with zero attached hydrogens (tertiary/aromatic N) is 3. The smallest absolute Gasteiger partial charge is 0.249 e. The molecule has 0 amide bonds. The number of ether oxygens (including phenoxy) is 1. The quantitative estimate of drug-likeness (QED) is 0.837. The fourth-order valence-corrected chi connectivity index (χ4v) is 4.26. The molecular formula is C15H19N5O3S. The van der Waals surface area contributed by atoms with Gasteiger partial charge in [-0.25, -0.2) is 8.42 Å². The van der Waals surface area contributed by atoms with E-state index in [-0.39, 0.29) is 17.5 Å². The fourth-order valence-electron chi connectivity index (χ4n) is 2.58. The Morgan fingerprint density at radius 1 is 1.33 bits per heavy atom. The van der Waals surface area contributed by atoms with E-state index in [0.717, 1.165) is 11.3 Å². The van der Waals surface area contributed by atoms with Crippen molar-refractivity contribution in [3.63, 3.8) is 0 Å². The molecule has 0 spiro atoms. The minimum atomic E-state index is -2.95. The van der Waals surface area contributed by atoms with Crippen LogP contribution in [0, 0.1) is 6.92 Å². The van der Waals surface area contributed by atoms with Crippen LogP contribution >= 0.6 is 0 Å². The highest BCUT2D eigenvalue weighted by Crippen LogP contribution is 2.27. The van der Waals surface area contributed by atoms with Crippen molar-refractivity contribution in [2.24, 2.45) is 0 Å². The first-order chi connectivity index (χ1) is 11.4. The zero-order valence-corrected chi connectivity index (χ0v) is 14.3. The Bertz CT molecular complexity index is 841. The molecule has 1 unspecified atom stereocenters. The molecule has 2 heterocycles. The molecule has 2 aromatic rings. The van der Waals surface area contributed by atoms with Gasteiger partial charge in [-0.2, -0.15) is 10.1 Å². The summed E-state index contributed by atoms with van der Waals surface area (Å²) in [6.07, 6.45) is 2.05. The summed E-state index contributed by atoms with van der Waals surface area (Å²) < 4.78 is 28.4. The minimum absolute atomic E-state index is 0.117. The zero-order valence-electron chi connectivity index (χ0n) is 13.5. The highest BCUT2D eigenvalue weighted by molar-refractivity contribution is 7.91. The van der Waals surface area contributed by atoms with Gasteiger partial charge >= 0.3 is 0 Å². The molecule has 9 heteroatoms. The Balaban J connectivity index is 1.75. The summed E-state index contributed by atoms with van der Waals surface area (Å²) in [5.74, 6) is 1.79. The van der Waals surface area contributed by atoms with Gasteiger partial charge in [0.25, 0.3) is 0 Å². The van der Waals surface area contributed by atoms with Gasteiger partial charge in [-0.3, -0.25) is 0 Å². The van der Waals surface area contributed by atoms with E-state index in [1.807, 2.05) is 25.1 Å². The fraction of sp³-hybridized carbons (Fsp3) is 0.400. The molecule has 1 saturated heterocycles. The van der Waals surface area contributed by atoms with Crippen molar-refractivity contribution >= 4 is 27.3 Å². The van der Waals surface area contributed by atoms with Gasteiger partial charge in [-0.05, 0) is 31.0 Å². The van der Waals surface area contributed by atoms with Gasteiger partial charge < -0.3 is 15.4 Å². The normalized spacial score (nSPS) is 19.0. The summed E-state index contributed by atoms with van der Waals surface area (Å²) in [6.45, 7) is 1.97. The van der Waals surface area contributed by atoms with Crippen LogP contribution in [0.1, 0.15) is 12.0 Å². The van der Waals surface area contributed by atoms with Gasteiger partial charge in [0.05, 0.1) is 30.5 Å². The Morgan fingerprint density at radius 2 is 2.17 bits per heavy atom. The van der Waals surface area contributed by atoms with Crippen LogP contribution in [0.5, 0.6) is 5.75 Å². The highest BCUT2D eigenvalue weighted by atomic mass is 32.2. The molecule has 1 aliphatic rings. The van der Waals surface area contributed by atoms with Crippen LogP contribution in [-0.2, 0) is 9.84 Å². The first kappa shape index (κ1) is 16.4. The lowest BCUT2D eigenvalue weighted by Crippen LogP contribution is -2.21. The number of aromatic nitrogens is 3. The van der Waals surface area contributed by atoms with Crippen LogP contribution in [0.3, 0.4) is 0 Å². The number of benzene rings is 1. The van der Waals surface area contributed by atoms with Crippen LogP contribution in [0.4, 0.5) is 17.5 Å². The van der Waals surface area contributed by atoms with Gasteiger partial charge in [0, 0.05) is 6.04 Å². The maximum Gasteiger partial charge on any atom is 0.249 e. The number of rotatable bonds is 5. The third-order valence-electron chi connectivity index (χ3n) is 3.74. The Hall–Kier alpha value is -2.42. The molecule has 0 aliphatic carbocycles. The summed E-state index contributed by atoms with van der Waals surface area (Å²) in [5.41, 5.74) is 1.80. The Morgan fingerprint density at radius 3 is 2.88 bits per heavy atom. The van der Waals surface area contributed by atoms with E-state index >= 15 is 0 Å². The molecule has 1 aliphatic heterocycles. The molecule has 0 radical (unpaired) electrons. The zero-order chi connectivity index (χ0) is 17.2. The molecule has 3 rings (SSSR count). The molecule has 24 heavy (non-hydrogen) atoms. The summed E-state index contributed by atoms with van der Waals surface area (Å²) in [6, 6.07) is 5.58. The third kappa shape index (κ3) is 3.91. The molecule has 1 aromatic carbocycles. The SMILES string of the molecule is COc1ccc(C)cc1Nc1nncc(NC2CCS(=O)(=O)C2)n1. The number of aryl methyl sites for hydroxylation is 1. The van der Waals surface area contributed by atoms with Crippen molar-refractivity contribution in [3.05, 3.63) is 30.0 Å². The monoisotopic (exact) mass is 349 g/mol. The van der Waals surface area contributed by atoms with Crippen molar-refractivity contribution in [3.8, 4) is 5.75 Å². The maximum absolute atomic E-state index is 11.5. The average molecular weight is 349 g/mol. The summed E-state index contributed by atoms with van der Waals surface area (Å²) >= 11 is 0. The number of hydrogen-bond acceptors (Lipinski definition) is 8. The molecule has 128 valence electrons. The van der Waals surface area contributed by atoms with E-state index in [2.05, 4.69) is 25.8 Å². The molecule has 1 atom stereocenters. The van der Waals surface area contributed by atoms with Crippen molar-refractivity contribution < 1.29 is 13.2 Å². The lowest BCUT2D eigenvalue weighted by atomic mass is 10.2. The predicted molar refractivity (Wildman–Crippen MR) is 91.5 cm³/mol. The lowest BCUT2D eigenvalue weighted by molar-refractivity contribution is 0.416. The van der Waals surface area contributed by atoms with Crippen LogP contribution in [0.15, 0.2) is 24.4 Å². The minimum Gasteiger partial charge on any atom is -0.495 e. The van der Waals surface area contributed by atoms with E-state index in [9.17, 15) is 8.42 Å². The third-order valence-corrected chi connectivity index (χ3v) is 5.51. The second kappa shape index (κ2) is 6.60. The number of sulfone groups is 1. The number of anilines is 3. The number of nitrogens with one attached hydrogen (secondary N) is 2. The molecular weight excluding hydrogens is 330 g/mol. The van der Waals surface area contributed by atoms with E-state index in [4.69, 9.17) is 4.74 Å². The molecule has 0 saturated carbocycles. The largest absolute Gasteiger partial charge is 0.495 e. The first-order valence-corrected chi connectivity index (χ1v) is 9.36. The van der Waals surface area contributed by atoms with Crippen LogP contribution in [0.2, 0.25) is 0 Å². The summed E-state index contributed by atoms with van der Waals surface area (Å²) in [4.78, 5) is 4.34. The van der Waals surface area contributed by atoms with E-state index < -0.39 is 9.84 Å². The van der Waals surface area contributed by atoms with Crippen molar-refractivity contribution in [2.75, 3.05) is 29.2 Å². The molecule has 0 bridgehead atoms. The van der Waals surface area contributed by atoms with Gasteiger partial charge in [0.1, 0.15) is 5.75 Å². The van der Waals surface area contributed by atoms with Crippen molar-refractivity contribution in [1.29, 1.82) is 0 Å². The lowest BCUT2D eigenvalue weighted by Gasteiger charge is -2.13. The molecule has 8 nitrogen and oxygen atoms in total. The van der Waals surface area contributed by atoms with Crippen LogP contribution in [-0.4, -0.2) is 48.3 Å². The highest BCUT2D eigenvalue weighted by Gasteiger charge is 2.28. The van der Waals surface area contributed by atoms with Gasteiger partial charge in [-0.15, -0.1) is 5.10 Å². The van der Waals surface area contributed by atoms with E-state index in [0.29, 0.717) is 23.9 Å².